The van der Waals surface area contributed by atoms with E-state index in [1.165, 1.54) is 12.8 Å². The second kappa shape index (κ2) is 6.27. The molecule has 1 atom stereocenters. The van der Waals surface area contributed by atoms with Crippen molar-refractivity contribution in [3.05, 3.63) is 45.8 Å². The maximum Gasteiger partial charge on any atom is 0.102 e. The van der Waals surface area contributed by atoms with Gasteiger partial charge in [-0.15, -0.1) is 0 Å². The summed E-state index contributed by atoms with van der Waals surface area (Å²) in [4.78, 5) is 9.25. The third kappa shape index (κ3) is 3.28. The minimum absolute atomic E-state index is 0.512. The van der Waals surface area contributed by atoms with Gasteiger partial charge >= 0.3 is 0 Å². The minimum atomic E-state index is 0.512. The largest absolute Gasteiger partial charge is 0.251 e. The quantitative estimate of drug-likeness (QED) is 0.591. The van der Waals surface area contributed by atoms with Gasteiger partial charge in [-0.3, -0.25) is 4.98 Å². The zero-order valence-corrected chi connectivity index (χ0v) is 12.9. The lowest BCUT2D eigenvalue weighted by Crippen LogP contribution is -1.98. The molecule has 2 aromatic heterocycles. The van der Waals surface area contributed by atoms with E-state index in [4.69, 9.17) is 4.98 Å². The molecular weight excluding hydrogens is 335 g/mol. The summed E-state index contributed by atoms with van der Waals surface area (Å²) < 4.78 is 0.999. The summed E-state index contributed by atoms with van der Waals surface area (Å²) in [7, 11) is 0. The maximum absolute atomic E-state index is 4.74. The zero-order valence-electron chi connectivity index (χ0n) is 10.7. The van der Waals surface area contributed by atoms with Crippen LogP contribution in [-0.4, -0.2) is 9.97 Å². The molecule has 0 aliphatic carbocycles. The van der Waals surface area contributed by atoms with Gasteiger partial charge in [-0.1, -0.05) is 32.4 Å². The molecule has 0 fully saturated rings. The Hall–Kier alpha value is -0.970. The van der Waals surface area contributed by atoms with E-state index in [0.717, 1.165) is 20.8 Å². The van der Waals surface area contributed by atoms with Gasteiger partial charge in [0.15, 0.2) is 0 Å². The first-order valence-corrected chi connectivity index (χ1v) is 7.38. The molecule has 3 heteroatoms. The van der Waals surface area contributed by atoms with Crippen LogP contribution < -0.4 is 0 Å². The molecule has 2 aromatic rings. The molecule has 0 bridgehead atoms. The van der Waals surface area contributed by atoms with Gasteiger partial charge in [0, 0.05) is 5.69 Å². The van der Waals surface area contributed by atoms with Gasteiger partial charge in [-0.2, -0.15) is 0 Å². The third-order valence-electron chi connectivity index (χ3n) is 2.97. The smallest absolute Gasteiger partial charge is 0.102 e. The molecule has 94 valence electrons. The highest BCUT2D eigenvalue weighted by molar-refractivity contribution is 14.1. The summed E-state index contributed by atoms with van der Waals surface area (Å²) in [6, 6.07) is 12.2. The van der Waals surface area contributed by atoms with Crippen molar-refractivity contribution in [2.24, 2.45) is 0 Å². The van der Waals surface area contributed by atoms with Crippen molar-refractivity contribution in [1.29, 1.82) is 0 Å². The van der Waals surface area contributed by atoms with Crippen molar-refractivity contribution < 1.29 is 0 Å². The summed E-state index contributed by atoms with van der Waals surface area (Å²) in [6.07, 6.45) is 2.37. The van der Waals surface area contributed by atoms with E-state index in [0.29, 0.717) is 5.92 Å². The molecule has 2 rings (SSSR count). The first-order chi connectivity index (χ1) is 8.70. The van der Waals surface area contributed by atoms with Gasteiger partial charge in [-0.25, -0.2) is 4.98 Å². The second-order valence-electron chi connectivity index (χ2n) is 4.48. The summed E-state index contributed by atoms with van der Waals surface area (Å²) in [5.74, 6) is 0.512. The van der Waals surface area contributed by atoms with Crippen LogP contribution in [0.15, 0.2) is 36.4 Å². The van der Waals surface area contributed by atoms with Crippen molar-refractivity contribution >= 4 is 22.6 Å². The molecule has 2 nitrogen and oxygen atoms in total. The number of nitrogens with zero attached hydrogens (tertiary/aromatic N) is 2. The van der Waals surface area contributed by atoms with Crippen LogP contribution in [0.25, 0.3) is 11.4 Å². The molecule has 0 aliphatic heterocycles. The fraction of sp³-hybridized carbons (Fsp3) is 0.333. The molecule has 0 aromatic carbocycles. The van der Waals surface area contributed by atoms with E-state index in [-0.39, 0.29) is 0 Å². The van der Waals surface area contributed by atoms with Crippen LogP contribution >= 0.6 is 22.6 Å². The summed E-state index contributed by atoms with van der Waals surface area (Å²) >= 11 is 2.23. The number of aromatic nitrogens is 2. The molecule has 0 spiro atoms. The van der Waals surface area contributed by atoms with Crippen LogP contribution in [0, 0.1) is 3.70 Å². The SMILES string of the molecule is CCCC(C)c1cccc(-c2cccc(I)n2)n1. The summed E-state index contributed by atoms with van der Waals surface area (Å²) in [5.41, 5.74) is 3.08. The topological polar surface area (TPSA) is 25.8 Å². The van der Waals surface area contributed by atoms with Crippen LogP contribution in [0.4, 0.5) is 0 Å². The molecule has 0 N–H and O–H groups in total. The Labute approximate surface area is 122 Å². The molecule has 0 saturated heterocycles. The maximum atomic E-state index is 4.74. The van der Waals surface area contributed by atoms with Gasteiger partial charge in [0.2, 0.25) is 0 Å². The van der Waals surface area contributed by atoms with E-state index in [1.807, 2.05) is 24.3 Å². The summed E-state index contributed by atoms with van der Waals surface area (Å²) in [5, 5.41) is 0. The Balaban J connectivity index is 2.32. The van der Waals surface area contributed by atoms with E-state index in [9.17, 15) is 0 Å². The van der Waals surface area contributed by atoms with Crippen LogP contribution in [0.5, 0.6) is 0 Å². The number of halogens is 1. The van der Waals surface area contributed by atoms with Crippen LogP contribution in [0.2, 0.25) is 0 Å². The predicted octanol–water partition coefficient (Wildman–Crippen LogP) is 4.65. The average Bonchev–Trinajstić information content (AvgIpc) is 2.39. The zero-order chi connectivity index (χ0) is 13.0. The predicted molar refractivity (Wildman–Crippen MR) is 83.5 cm³/mol. The Kier molecular flexibility index (Phi) is 4.69. The van der Waals surface area contributed by atoms with Gasteiger partial charge in [-0.05, 0) is 59.2 Å². The number of hydrogen-bond donors (Lipinski definition) is 0. The molecular formula is C15H17IN2. The highest BCUT2D eigenvalue weighted by atomic mass is 127. The van der Waals surface area contributed by atoms with Gasteiger partial charge in [0.1, 0.15) is 3.70 Å². The fourth-order valence-electron chi connectivity index (χ4n) is 2.00. The molecule has 18 heavy (non-hydrogen) atoms. The molecule has 2 heterocycles. The average molecular weight is 352 g/mol. The van der Waals surface area contributed by atoms with Crippen molar-refractivity contribution in [3.63, 3.8) is 0 Å². The minimum Gasteiger partial charge on any atom is -0.251 e. The van der Waals surface area contributed by atoms with Crippen LogP contribution in [-0.2, 0) is 0 Å². The van der Waals surface area contributed by atoms with E-state index in [1.54, 1.807) is 0 Å². The highest BCUT2D eigenvalue weighted by Gasteiger charge is 2.08. The number of pyridine rings is 2. The first-order valence-electron chi connectivity index (χ1n) is 6.30. The monoisotopic (exact) mass is 352 g/mol. The van der Waals surface area contributed by atoms with Gasteiger partial charge in [0.05, 0.1) is 11.4 Å². The lowest BCUT2D eigenvalue weighted by molar-refractivity contribution is 0.648. The van der Waals surface area contributed by atoms with Crippen LogP contribution in [0.1, 0.15) is 38.3 Å². The summed E-state index contributed by atoms with van der Waals surface area (Å²) in [6.45, 7) is 4.44. The lowest BCUT2D eigenvalue weighted by Gasteiger charge is -2.10. The molecule has 0 saturated carbocycles. The Morgan fingerprint density at radius 3 is 2.39 bits per heavy atom. The molecule has 0 radical (unpaired) electrons. The highest BCUT2D eigenvalue weighted by Crippen LogP contribution is 2.22. The molecule has 0 amide bonds. The second-order valence-corrected chi connectivity index (χ2v) is 5.59. The molecule has 0 aliphatic rings. The van der Waals surface area contributed by atoms with Gasteiger partial charge < -0.3 is 0 Å². The van der Waals surface area contributed by atoms with Crippen LogP contribution in [0.3, 0.4) is 0 Å². The lowest BCUT2D eigenvalue weighted by atomic mass is 10.0. The fourth-order valence-corrected chi connectivity index (χ4v) is 2.47. The van der Waals surface area contributed by atoms with E-state index < -0.39 is 0 Å². The standard InChI is InChI=1S/C15H17IN2/c1-3-6-11(2)12-7-4-8-13(17-12)14-9-5-10-15(16)18-14/h4-5,7-11H,3,6H2,1-2H3. The Morgan fingerprint density at radius 2 is 1.72 bits per heavy atom. The van der Waals surface area contributed by atoms with Gasteiger partial charge in [0.25, 0.3) is 0 Å². The van der Waals surface area contributed by atoms with Crippen molar-refractivity contribution in [3.8, 4) is 11.4 Å². The first kappa shape index (κ1) is 13.5. The van der Waals surface area contributed by atoms with Crippen molar-refractivity contribution in [2.45, 2.75) is 32.6 Å². The Morgan fingerprint density at radius 1 is 1.06 bits per heavy atom. The normalized spacial score (nSPS) is 12.4. The number of hydrogen-bond acceptors (Lipinski definition) is 2. The van der Waals surface area contributed by atoms with E-state index >= 15 is 0 Å². The third-order valence-corrected chi connectivity index (χ3v) is 3.58. The molecule has 1 unspecified atom stereocenters. The Bertz CT molecular complexity index is 525. The van der Waals surface area contributed by atoms with Crippen molar-refractivity contribution in [1.82, 2.24) is 9.97 Å². The number of rotatable bonds is 4. The van der Waals surface area contributed by atoms with E-state index in [2.05, 4.69) is 53.6 Å². The van der Waals surface area contributed by atoms with Crippen molar-refractivity contribution in [2.75, 3.05) is 0 Å².